The van der Waals surface area contributed by atoms with Crippen molar-refractivity contribution in [2.45, 2.75) is 31.7 Å². The average molecular weight is 355 g/mol. The molecule has 1 amide bonds. The summed E-state index contributed by atoms with van der Waals surface area (Å²) >= 11 is 0. The lowest BCUT2D eigenvalue weighted by atomic mass is 10.1. The highest BCUT2D eigenvalue weighted by molar-refractivity contribution is 5.77. The van der Waals surface area contributed by atoms with Crippen molar-refractivity contribution in [2.75, 3.05) is 21.3 Å². The number of amides is 1. The summed E-state index contributed by atoms with van der Waals surface area (Å²) < 4.78 is 16.1. The molecule has 3 rings (SSSR count). The van der Waals surface area contributed by atoms with Gasteiger partial charge in [-0.05, 0) is 54.2 Å². The molecule has 0 radical (unpaired) electrons. The molecule has 2 aromatic rings. The van der Waals surface area contributed by atoms with Crippen LogP contribution in [0.1, 0.15) is 35.6 Å². The Kier molecular flexibility index (Phi) is 5.66. The molecule has 138 valence electrons. The molecule has 5 nitrogen and oxygen atoms in total. The number of methoxy groups -OCH3 is 3. The zero-order valence-corrected chi connectivity index (χ0v) is 15.5. The number of para-hydroxylation sites is 1. The number of fused-ring (bicyclic) bond motifs is 1. The largest absolute Gasteiger partial charge is 0.496 e. The fourth-order valence-electron chi connectivity index (χ4n) is 3.51. The second-order valence-electron chi connectivity index (χ2n) is 6.38. The third-order valence-electron chi connectivity index (χ3n) is 4.87. The molecular formula is C21H25NO4. The monoisotopic (exact) mass is 355 g/mol. The second-order valence-corrected chi connectivity index (χ2v) is 6.38. The third kappa shape index (κ3) is 3.77. The van der Waals surface area contributed by atoms with Crippen LogP contribution < -0.4 is 19.5 Å². The van der Waals surface area contributed by atoms with Gasteiger partial charge in [0.25, 0.3) is 0 Å². The zero-order chi connectivity index (χ0) is 18.5. The van der Waals surface area contributed by atoms with E-state index >= 15 is 0 Å². The first-order valence-corrected chi connectivity index (χ1v) is 8.82. The molecule has 0 heterocycles. The van der Waals surface area contributed by atoms with E-state index in [2.05, 4.69) is 5.32 Å². The van der Waals surface area contributed by atoms with Crippen molar-refractivity contribution in [3.05, 3.63) is 53.1 Å². The van der Waals surface area contributed by atoms with E-state index in [0.717, 1.165) is 35.5 Å². The van der Waals surface area contributed by atoms with Gasteiger partial charge in [-0.3, -0.25) is 4.79 Å². The van der Waals surface area contributed by atoms with Crippen LogP contribution in [-0.4, -0.2) is 27.2 Å². The number of carbonyl (C=O) groups excluding carboxylic acids is 1. The topological polar surface area (TPSA) is 56.8 Å². The lowest BCUT2D eigenvalue weighted by molar-refractivity contribution is -0.121. The third-order valence-corrected chi connectivity index (χ3v) is 4.87. The molecule has 0 bridgehead atoms. The Morgan fingerprint density at radius 3 is 2.46 bits per heavy atom. The van der Waals surface area contributed by atoms with Crippen LogP contribution in [0.4, 0.5) is 0 Å². The first-order valence-electron chi connectivity index (χ1n) is 8.82. The van der Waals surface area contributed by atoms with E-state index in [1.165, 1.54) is 5.56 Å². The van der Waals surface area contributed by atoms with Crippen molar-refractivity contribution < 1.29 is 19.0 Å². The van der Waals surface area contributed by atoms with E-state index in [9.17, 15) is 4.79 Å². The highest BCUT2D eigenvalue weighted by atomic mass is 16.5. The minimum Gasteiger partial charge on any atom is -0.496 e. The van der Waals surface area contributed by atoms with Crippen molar-refractivity contribution in [1.29, 1.82) is 0 Å². The Hall–Kier alpha value is -2.69. The number of ether oxygens (including phenoxy) is 3. The van der Waals surface area contributed by atoms with E-state index in [1.54, 1.807) is 21.3 Å². The van der Waals surface area contributed by atoms with Gasteiger partial charge >= 0.3 is 0 Å². The van der Waals surface area contributed by atoms with Crippen LogP contribution in [0, 0.1) is 0 Å². The van der Waals surface area contributed by atoms with Gasteiger partial charge in [0, 0.05) is 6.42 Å². The van der Waals surface area contributed by atoms with Crippen LogP contribution in [-0.2, 0) is 17.6 Å². The number of carbonyl (C=O) groups is 1. The molecule has 1 aliphatic carbocycles. The van der Waals surface area contributed by atoms with Crippen LogP contribution in [0.2, 0.25) is 0 Å². The highest BCUT2D eigenvalue weighted by Crippen LogP contribution is 2.39. The summed E-state index contributed by atoms with van der Waals surface area (Å²) in [7, 11) is 4.91. The number of aryl methyl sites for hydroxylation is 2. The Labute approximate surface area is 154 Å². The van der Waals surface area contributed by atoms with Crippen molar-refractivity contribution in [1.82, 2.24) is 5.32 Å². The lowest BCUT2D eigenvalue weighted by Gasteiger charge is -2.16. The van der Waals surface area contributed by atoms with Gasteiger partial charge in [-0.15, -0.1) is 0 Å². The molecule has 0 spiro atoms. The molecular weight excluding hydrogens is 330 g/mol. The number of nitrogens with one attached hydrogen (secondary N) is 1. The summed E-state index contributed by atoms with van der Waals surface area (Å²) in [5.41, 5.74) is 3.37. The van der Waals surface area contributed by atoms with Gasteiger partial charge in [-0.25, -0.2) is 0 Å². The number of rotatable bonds is 7. The number of hydrogen-bond donors (Lipinski definition) is 1. The summed E-state index contributed by atoms with van der Waals surface area (Å²) in [5, 5.41) is 3.16. The maximum atomic E-state index is 12.5. The van der Waals surface area contributed by atoms with Crippen LogP contribution in [0.3, 0.4) is 0 Å². The van der Waals surface area contributed by atoms with Crippen molar-refractivity contribution in [3.8, 4) is 17.2 Å². The van der Waals surface area contributed by atoms with Gasteiger partial charge in [0.05, 0.1) is 27.4 Å². The summed E-state index contributed by atoms with van der Waals surface area (Å²) in [6, 6.07) is 11.8. The SMILES string of the molecule is COc1ccccc1CCC(=O)NC1CCc2cc(OC)c(OC)cc21. The van der Waals surface area contributed by atoms with E-state index in [1.807, 2.05) is 36.4 Å². The molecule has 1 unspecified atom stereocenters. The van der Waals surface area contributed by atoms with Crippen LogP contribution in [0.25, 0.3) is 0 Å². The van der Waals surface area contributed by atoms with Gasteiger partial charge in [0.2, 0.25) is 5.91 Å². The minimum absolute atomic E-state index is 0.0231. The molecule has 26 heavy (non-hydrogen) atoms. The molecule has 0 saturated carbocycles. The Morgan fingerprint density at radius 2 is 1.73 bits per heavy atom. The van der Waals surface area contributed by atoms with Crippen molar-refractivity contribution in [2.24, 2.45) is 0 Å². The van der Waals surface area contributed by atoms with Crippen LogP contribution >= 0.6 is 0 Å². The summed E-state index contributed by atoms with van der Waals surface area (Å²) in [6.45, 7) is 0. The van der Waals surface area contributed by atoms with E-state index in [4.69, 9.17) is 14.2 Å². The van der Waals surface area contributed by atoms with Gasteiger partial charge < -0.3 is 19.5 Å². The second kappa shape index (κ2) is 8.13. The predicted molar refractivity (Wildman–Crippen MR) is 100 cm³/mol. The maximum Gasteiger partial charge on any atom is 0.220 e. The first-order chi connectivity index (χ1) is 12.7. The molecule has 1 atom stereocenters. The first kappa shape index (κ1) is 18.1. The molecule has 1 aliphatic rings. The van der Waals surface area contributed by atoms with Crippen LogP contribution in [0.15, 0.2) is 36.4 Å². The zero-order valence-electron chi connectivity index (χ0n) is 15.5. The normalized spacial score (nSPS) is 15.3. The minimum atomic E-state index is 0.0231. The van der Waals surface area contributed by atoms with E-state index in [-0.39, 0.29) is 11.9 Å². The number of hydrogen-bond acceptors (Lipinski definition) is 4. The van der Waals surface area contributed by atoms with Crippen LogP contribution in [0.5, 0.6) is 17.2 Å². The van der Waals surface area contributed by atoms with E-state index < -0.39 is 0 Å². The molecule has 0 fully saturated rings. The molecule has 5 heteroatoms. The quantitative estimate of drug-likeness (QED) is 0.826. The summed E-state index contributed by atoms with van der Waals surface area (Å²) in [6.07, 6.45) is 2.90. The predicted octanol–water partition coefficient (Wildman–Crippen LogP) is 3.45. The van der Waals surface area contributed by atoms with Crippen molar-refractivity contribution in [3.63, 3.8) is 0 Å². The average Bonchev–Trinajstić information content (AvgIpc) is 3.06. The fourth-order valence-corrected chi connectivity index (χ4v) is 3.51. The van der Waals surface area contributed by atoms with Gasteiger partial charge in [0.15, 0.2) is 11.5 Å². The fraction of sp³-hybridized carbons (Fsp3) is 0.381. The van der Waals surface area contributed by atoms with Gasteiger partial charge in [-0.1, -0.05) is 18.2 Å². The molecule has 0 saturated heterocycles. The van der Waals surface area contributed by atoms with Crippen molar-refractivity contribution >= 4 is 5.91 Å². The molecule has 1 N–H and O–H groups in total. The van der Waals surface area contributed by atoms with Gasteiger partial charge in [-0.2, -0.15) is 0 Å². The molecule has 0 aromatic heterocycles. The Morgan fingerprint density at radius 1 is 1.04 bits per heavy atom. The Bertz CT molecular complexity index is 788. The summed E-state index contributed by atoms with van der Waals surface area (Å²) in [5.74, 6) is 2.29. The maximum absolute atomic E-state index is 12.5. The smallest absolute Gasteiger partial charge is 0.220 e. The summed E-state index contributed by atoms with van der Waals surface area (Å²) in [4.78, 5) is 12.5. The van der Waals surface area contributed by atoms with E-state index in [0.29, 0.717) is 18.6 Å². The molecule has 2 aromatic carbocycles. The van der Waals surface area contributed by atoms with Gasteiger partial charge in [0.1, 0.15) is 5.75 Å². The molecule has 0 aliphatic heterocycles. The lowest BCUT2D eigenvalue weighted by Crippen LogP contribution is -2.27. The Balaban J connectivity index is 1.65. The number of benzene rings is 2. The highest BCUT2D eigenvalue weighted by Gasteiger charge is 2.26. The standard InChI is InChI=1S/C21H25NO4/c1-24-18-7-5-4-6-14(18)9-11-21(23)22-17-10-8-15-12-19(25-2)20(26-3)13-16(15)17/h4-7,12-13,17H,8-11H2,1-3H3,(H,22,23).